The van der Waals surface area contributed by atoms with Gasteiger partial charge >= 0.3 is 0 Å². The second-order valence-corrected chi connectivity index (χ2v) is 5.83. The van der Waals surface area contributed by atoms with Crippen LogP contribution in [0, 0.1) is 0 Å². The molecule has 0 saturated heterocycles. The molecule has 1 aliphatic rings. The van der Waals surface area contributed by atoms with Gasteiger partial charge in [0.05, 0.1) is 6.61 Å². The van der Waals surface area contributed by atoms with E-state index < -0.39 is 0 Å². The molecule has 0 aromatic heterocycles. The highest BCUT2D eigenvalue weighted by atomic mass is 32.2. The summed E-state index contributed by atoms with van der Waals surface area (Å²) < 4.78 is 4.90. The van der Waals surface area contributed by atoms with Gasteiger partial charge in [0, 0.05) is 24.8 Å². The van der Waals surface area contributed by atoms with Crippen LogP contribution in [0.4, 0.5) is 0 Å². The Kier molecular flexibility index (Phi) is 6.88. The number of ether oxygens (including phenoxy) is 1. The van der Waals surface area contributed by atoms with Crippen molar-refractivity contribution in [1.82, 2.24) is 5.32 Å². The van der Waals surface area contributed by atoms with E-state index in [4.69, 9.17) is 4.74 Å². The minimum absolute atomic E-state index is 0.133. The predicted molar refractivity (Wildman–Crippen MR) is 68.8 cm³/mol. The minimum atomic E-state index is 0.133. The maximum absolute atomic E-state index is 11.5. The summed E-state index contributed by atoms with van der Waals surface area (Å²) >= 11 is 2.02. The summed E-state index contributed by atoms with van der Waals surface area (Å²) in [6.07, 6.45) is 5.31. The average molecular weight is 245 g/mol. The lowest BCUT2D eigenvalue weighted by Crippen LogP contribution is -2.39. The molecule has 1 fully saturated rings. The predicted octanol–water partition coefficient (Wildman–Crippen LogP) is 2.20. The summed E-state index contributed by atoms with van der Waals surface area (Å²) in [5.41, 5.74) is 0. The van der Waals surface area contributed by atoms with Crippen LogP contribution in [0.15, 0.2) is 0 Å². The zero-order valence-electron chi connectivity index (χ0n) is 10.3. The molecule has 0 aromatic rings. The van der Waals surface area contributed by atoms with E-state index in [-0.39, 0.29) is 5.91 Å². The lowest BCUT2D eigenvalue weighted by Gasteiger charge is -2.29. The number of hydrogen-bond acceptors (Lipinski definition) is 3. The quantitative estimate of drug-likeness (QED) is 0.779. The second kappa shape index (κ2) is 7.96. The lowest BCUT2D eigenvalue weighted by atomic mass is 9.95. The molecule has 1 rings (SSSR count). The molecule has 1 N–H and O–H groups in total. The number of nitrogens with one attached hydrogen (secondary N) is 1. The Hall–Kier alpha value is -0.220. The van der Waals surface area contributed by atoms with Gasteiger partial charge in [-0.2, -0.15) is 11.8 Å². The summed E-state index contributed by atoms with van der Waals surface area (Å²) in [6.45, 7) is 2.72. The van der Waals surface area contributed by atoms with Crippen LogP contribution < -0.4 is 5.32 Å². The number of rotatable bonds is 6. The third-order valence-corrected chi connectivity index (χ3v) is 4.16. The summed E-state index contributed by atoms with van der Waals surface area (Å²) in [5, 5.41) is 3.85. The molecule has 0 bridgehead atoms. The molecule has 1 amide bonds. The van der Waals surface area contributed by atoms with Crippen LogP contribution in [-0.2, 0) is 9.53 Å². The van der Waals surface area contributed by atoms with Crippen molar-refractivity contribution in [3.05, 3.63) is 0 Å². The third-order valence-electron chi connectivity index (χ3n) is 2.93. The molecular weight excluding hydrogens is 222 g/mol. The van der Waals surface area contributed by atoms with E-state index in [2.05, 4.69) is 12.2 Å². The van der Waals surface area contributed by atoms with Gasteiger partial charge in [0.15, 0.2) is 0 Å². The Balaban J connectivity index is 2.22. The fourth-order valence-corrected chi connectivity index (χ4v) is 3.33. The van der Waals surface area contributed by atoms with E-state index in [9.17, 15) is 4.79 Å². The summed E-state index contributed by atoms with van der Waals surface area (Å²) in [4.78, 5) is 11.5. The number of amides is 1. The number of methoxy groups -OCH3 is 1. The van der Waals surface area contributed by atoms with Crippen LogP contribution in [0.25, 0.3) is 0 Å². The molecule has 2 unspecified atom stereocenters. The monoisotopic (exact) mass is 245 g/mol. The first-order chi connectivity index (χ1) is 7.76. The Morgan fingerprint density at radius 1 is 1.50 bits per heavy atom. The van der Waals surface area contributed by atoms with Crippen molar-refractivity contribution in [1.29, 1.82) is 0 Å². The van der Waals surface area contributed by atoms with E-state index in [1.165, 1.54) is 18.6 Å². The summed E-state index contributed by atoms with van der Waals surface area (Å²) in [5.74, 6) is 1.31. The van der Waals surface area contributed by atoms with Gasteiger partial charge in [-0.1, -0.05) is 13.3 Å². The zero-order valence-corrected chi connectivity index (χ0v) is 11.1. The molecular formula is C12H23NO2S. The first kappa shape index (κ1) is 13.8. The van der Waals surface area contributed by atoms with Crippen molar-refractivity contribution in [3.8, 4) is 0 Å². The van der Waals surface area contributed by atoms with Gasteiger partial charge in [-0.15, -0.1) is 0 Å². The highest BCUT2D eigenvalue weighted by molar-refractivity contribution is 7.99. The van der Waals surface area contributed by atoms with E-state index in [0.717, 1.165) is 18.1 Å². The Morgan fingerprint density at radius 3 is 3.00 bits per heavy atom. The molecule has 0 spiro atoms. The fourth-order valence-electron chi connectivity index (χ4n) is 2.16. The highest BCUT2D eigenvalue weighted by Gasteiger charge is 2.22. The molecule has 0 radical (unpaired) electrons. The van der Waals surface area contributed by atoms with Crippen LogP contribution in [0.1, 0.15) is 39.0 Å². The molecule has 3 nitrogen and oxygen atoms in total. The van der Waals surface area contributed by atoms with Crippen LogP contribution >= 0.6 is 11.8 Å². The van der Waals surface area contributed by atoms with Gasteiger partial charge in [0.2, 0.25) is 5.91 Å². The van der Waals surface area contributed by atoms with Crippen molar-refractivity contribution < 1.29 is 9.53 Å². The Bertz CT molecular complexity index is 209. The Labute approximate surface area is 103 Å². The number of carbonyl (C=O) groups is 1. The molecule has 1 saturated carbocycles. The Morgan fingerprint density at radius 2 is 2.31 bits per heavy atom. The normalized spacial score (nSPS) is 25.4. The first-order valence-electron chi connectivity index (χ1n) is 6.16. The van der Waals surface area contributed by atoms with Crippen molar-refractivity contribution in [2.45, 2.75) is 50.3 Å². The highest BCUT2D eigenvalue weighted by Crippen LogP contribution is 2.28. The average Bonchev–Trinajstić information content (AvgIpc) is 2.27. The van der Waals surface area contributed by atoms with Gasteiger partial charge in [-0.25, -0.2) is 0 Å². The number of hydrogen-bond donors (Lipinski definition) is 1. The standard InChI is InChI=1S/C12H23NO2S/c1-3-16-11-6-4-5-10(9-11)13-12(14)7-8-15-2/h10-11H,3-9H2,1-2H3,(H,13,14). The maximum Gasteiger partial charge on any atom is 0.222 e. The molecule has 4 heteroatoms. The third kappa shape index (κ3) is 5.21. The molecule has 2 atom stereocenters. The maximum atomic E-state index is 11.5. The minimum Gasteiger partial charge on any atom is -0.384 e. The first-order valence-corrected chi connectivity index (χ1v) is 7.21. The zero-order chi connectivity index (χ0) is 11.8. The SMILES string of the molecule is CCSC1CCCC(NC(=O)CCOC)C1. The van der Waals surface area contributed by atoms with E-state index >= 15 is 0 Å². The van der Waals surface area contributed by atoms with Gasteiger partial charge in [0.25, 0.3) is 0 Å². The topological polar surface area (TPSA) is 38.3 Å². The van der Waals surface area contributed by atoms with Crippen molar-refractivity contribution in [3.63, 3.8) is 0 Å². The summed E-state index contributed by atoms with van der Waals surface area (Å²) in [7, 11) is 1.63. The van der Waals surface area contributed by atoms with E-state index in [0.29, 0.717) is 19.1 Å². The molecule has 94 valence electrons. The van der Waals surface area contributed by atoms with Crippen LogP contribution in [-0.4, -0.2) is 36.7 Å². The van der Waals surface area contributed by atoms with Crippen LogP contribution in [0.2, 0.25) is 0 Å². The van der Waals surface area contributed by atoms with Crippen molar-refractivity contribution in [2.75, 3.05) is 19.5 Å². The van der Waals surface area contributed by atoms with Crippen LogP contribution in [0.5, 0.6) is 0 Å². The molecule has 0 aromatic carbocycles. The van der Waals surface area contributed by atoms with Gasteiger partial charge < -0.3 is 10.1 Å². The van der Waals surface area contributed by atoms with Gasteiger partial charge in [-0.05, 0) is 25.0 Å². The molecule has 0 aliphatic heterocycles. The smallest absolute Gasteiger partial charge is 0.222 e. The summed E-state index contributed by atoms with van der Waals surface area (Å²) in [6, 6.07) is 0.391. The fraction of sp³-hybridized carbons (Fsp3) is 0.917. The van der Waals surface area contributed by atoms with Crippen molar-refractivity contribution in [2.24, 2.45) is 0 Å². The number of carbonyl (C=O) groups excluding carboxylic acids is 1. The number of thioether (sulfide) groups is 1. The molecule has 1 aliphatic carbocycles. The second-order valence-electron chi connectivity index (χ2n) is 4.25. The lowest BCUT2D eigenvalue weighted by molar-refractivity contribution is -0.122. The van der Waals surface area contributed by atoms with E-state index in [1.807, 2.05) is 11.8 Å². The van der Waals surface area contributed by atoms with Crippen LogP contribution in [0.3, 0.4) is 0 Å². The molecule has 16 heavy (non-hydrogen) atoms. The van der Waals surface area contributed by atoms with E-state index in [1.54, 1.807) is 7.11 Å². The van der Waals surface area contributed by atoms with Gasteiger partial charge in [-0.3, -0.25) is 4.79 Å². The molecule has 0 heterocycles. The van der Waals surface area contributed by atoms with Gasteiger partial charge in [0.1, 0.15) is 0 Å². The largest absolute Gasteiger partial charge is 0.384 e. The van der Waals surface area contributed by atoms with Crippen molar-refractivity contribution >= 4 is 17.7 Å².